The van der Waals surface area contributed by atoms with Crippen molar-refractivity contribution in [2.75, 3.05) is 11.5 Å². The maximum Gasteiger partial charge on any atom is 0.225 e. The molecule has 5 heteroatoms. The molecule has 1 aliphatic heterocycles. The van der Waals surface area contributed by atoms with Crippen LogP contribution in [-0.4, -0.2) is 22.0 Å². The van der Waals surface area contributed by atoms with Gasteiger partial charge in [0.15, 0.2) is 0 Å². The van der Waals surface area contributed by atoms with Crippen molar-refractivity contribution in [1.82, 2.24) is 4.37 Å². The molecule has 1 fully saturated rings. The van der Waals surface area contributed by atoms with Crippen LogP contribution in [0.1, 0.15) is 23.8 Å². The van der Waals surface area contributed by atoms with Crippen LogP contribution in [0.3, 0.4) is 0 Å². The lowest BCUT2D eigenvalue weighted by atomic mass is 10.2. The highest BCUT2D eigenvalue weighted by molar-refractivity contribution is 14.1. The molecule has 1 aliphatic rings. The zero-order chi connectivity index (χ0) is 9.97. The molecule has 0 spiro atoms. The summed E-state index contributed by atoms with van der Waals surface area (Å²) in [6.07, 6.45) is 2.94. The number of halogens is 1. The third kappa shape index (κ3) is 2.20. The molecule has 1 aromatic heterocycles. The molecule has 0 aromatic carbocycles. The second kappa shape index (κ2) is 4.76. The third-order valence-electron chi connectivity index (χ3n) is 2.31. The van der Waals surface area contributed by atoms with Gasteiger partial charge in [0.1, 0.15) is 0 Å². The van der Waals surface area contributed by atoms with Crippen LogP contribution in [0.25, 0.3) is 0 Å². The Bertz CT molecular complexity index is 305. The van der Waals surface area contributed by atoms with Gasteiger partial charge in [-0.15, -0.1) is 0 Å². The van der Waals surface area contributed by atoms with E-state index in [1.54, 1.807) is 7.11 Å². The van der Waals surface area contributed by atoms with Crippen LogP contribution in [0.4, 0.5) is 0 Å². The van der Waals surface area contributed by atoms with Gasteiger partial charge in [-0.1, -0.05) is 22.6 Å². The molecular weight excluding hydrogens is 313 g/mol. The number of ether oxygens (including phenoxy) is 2. The number of rotatable bonds is 3. The molecule has 78 valence electrons. The molecule has 0 amide bonds. The van der Waals surface area contributed by atoms with Gasteiger partial charge >= 0.3 is 0 Å². The van der Waals surface area contributed by atoms with E-state index in [-0.39, 0.29) is 6.10 Å². The minimum Gasteiger partial charge on any atom is -0.480 e. The molecule has 2 heterocycles. The minimum atomic E-state index is 0.246. The third-order valence-corrected chi connectivity index (χ3v) is 4.16. The summed E-state index contributed by atoms with van der Waals surface area (Å²) >= 11 is 3.85. The van der Waals surface area contributed by atoms with Gasteiger partial charge in [-0.05, 0) is 24.4 Å². The largest absolute Gasteiger partial charge is 0.480 e. The van der Waals surface area contributed by atoms with E-state index in [1.165, 1.54) is 16.4 Å². The van der Waals surface area contributed by atoms with E-state index in [4.69, 9.17) is 9.47 Å². The topological polar surface area (TPSA) is 31.4 Å². The lowest BCUT2D eigenvalue weighted by molar-refractivity contribution is 0.0618. The van der Waals surface area contributed by atoms with Gasteiger partial charge in [-0.25, -0.2) is 0 Å². The lowest BCUT2D eigenvalue weighted by Gasteiger charge is -2.08. The Kier molecular flexibility index (Phi) is 3.62. The molecule has 2 unspecified atom stereocenters. The van der Waals surface area contributed by atoms with Gasteiger partial charge in [0.05, 0.1) is 24.2 Å². The smallest absolute Gasteiger partial charge is 0.225 e. The van der Waals surface area contributed by atoms with Crippen molar-refractivity contribution in [3.05, 3.63) is 10.9 Å². The average molecular weight is 325 g/mol. The van der Waals surface area contributed by atoms with Crippen molar-refractivity contribution >= 4 is 34.1 Å². The molecule has 2 rings (SSSR count). The first-order chi connectivity index (χ1) is 6.83. The Morgan fingerprint density at radius 2 is 2.57 bits per heavy atom. The molecule has 0 aliphatic carbocycles. The van der Waals surface area contributed by atoms with Crippen molar-refractivity contribution in [2.24, 2.45) is 0 Å². The maximum absolute atomic E-state index is 5.86. The highest BCUT2D eigenvalue weighted by Gasteiger charge is 2.27. The van der Waals surface area contributed by atoms with E-state index in [9.17, 15) is 0 Å². The van der Waals surface area contributed by atoms with E-state index in [0.29, 0.717) is 12.0 Å². The van der Waals surface area contributed by atoms with Crippen molar-refractivity contribution in [3.8, 4) is 5.88 Å². The Morgan fingerprint density at radius 3 is 3.14 bits per heavy atom. The van der Waals surface area contributed by atoms with Crippen LogP contribution in [0.5, 0.6) is 5.88 Å². The molecule has 14 heavy (non-hydrogen) atoms. The summed E-state index contributed by atoms with van der Waals surface area (Å²) in [5.74, 6) is 0.700. The maximum atomic E-state index is 5.86. The Labute approximate surface area is 101 Å². The van der Waals surface area contributed by atoms with Gasteiger partial charge in [0, 0.05) is 10.5 Å². The van der Waals surface area contributed by atoms with Gasteiger partial charge in [0.2, 0.25) is 5.88 Å². The molecule has 0 N–H and O–H groups in total. The van der Waals surface area contributed by atoms with Crippen LogP contribution in [0.2, 0.25) is 0 Å². The summed E-state index contributed by atoms with van der Waals surface area (Å²) in [5.41, 5.74) is 0. The van der Waals surface area contributed by atoms with Gasteiger partial charge in [-0.3, -0.25) is 0 Å². The van der Waals surface area contributed by atoms with E-state index in [1.807, 2.05) is 6.07 Å². The predicted octanol–water partition coefficient (Wildman–Crippen LogP) is 2.81. The first-order valence-electron chi connectivity index (χ1n) is 4.55. The van der Waals surface area contributed by atoms with E-state index < -0.39 is 0 Å². The van der Waals surface area contributed by atoms with Crippen LogP contribution in [0.15, 0.2) is 6.07 Å². The van der Waals surface area contributed by atoms with Gasteiger partial charge in [0.25, 0.3) is 0 Å². The summed E-state index contributed by atoms with van der Waals surface area (Å²) in [6, 6.07) is 1.98. The fraction of sp³-hybridized carbons (Fsp3) is 0.667. The quantitative estimate of drug-likeness (QED) is 0.633. The van der Waals surface area contributed by atoms with E-state index in [2.05, 4.69) is 27.0 Å². The number of nitrogens with zero attached hydrogens (tertiary/aromatic N) is 1. The fourth-order valence-electron chi connectivity index (χ4n) is 1.55. The number of hydrogen-bond donors (Lipinski definition) is 0. The molecule has 0 saturated carbocycles. The number of alkyl halides is 1. The first kappa shape index (κ1) is 10.6. The van der Waals surface area contributed by atoms with Gasteiger partial charge in [-0.2, -0.15) is 4.37 Å². The number of hydrogen-bond acceptors (Lipinski definition) is 4. The Hall–Kier alpha value is 0.120. The van der Waals surface area contributed by atoms with E-state index >= 15 is 0 Å². The number of methoxy groups -OCH3 is 1. The monoisotopic (exact) mass is 325 g/mol. The van der Waals surface area contributed by atoms with Crippen molar-refractivity contribution in [2.45, 2.75) is 25.0 Å². The van der Waals surface area contributed by atoms with Crippen LogP contribution in [0, 0.1) is 0 Å². The Morgan fingerprint density at radius 1 is 1.71 bits per heavy atom. The zero-order valence-electron chi connectivity index (χ0n) is 7.90. The van der Waals surface area contributed by atoms with Crippen LogP contribution in [-0.2, 0) is 4.74 Å². The molecule has 0 radical (unpaired) electrons. The van der Waals surface area contributed by atoms with Crippen LogP contribution < -0.4 is 4.74 Å². The standard InChI is InChI=1S/C9H12INO2S/c1-12-9-4-8(14-11-9)7-3-2-6(5-10)13-7/h4,6-7H,2-3,5H2,1H3. The van der Waals surface area contributed by atoms with Gasteiger partial charge < -0.3 is 9.47 Å². The Balaban J connectivity index is 2.02. The number of aromatic nitrogens is 1. The molecule has 1 saturated heterocycles. The highest BCUT2D eigenvalue weighted by Crippen LogP contribution is 2.36. The fourth-order valence-corrected chi connectivity index (χ4v) is 2.96. The average Bonchev–Trinajstić information content (AvgIpc) is 2.86. The summed E-state index contributed by atoms with van der Waals surface area (Å²) < 4.78 is 16.2. The summed E-state index contributed by atoms with van der Waals surface area (Å²) in [4.78, 5) is 1.19. The van der Waals surface area contributed by atoms with Crippen molar-refractivity contribution in [1.29, 1.82) is 0 Å². The zero-order valence-corrected chi connectivity index (χ0v) is 10.9. The summed E-state index contributed by atoms with van der Waals surface area (Å²) in [6.45, 7) is 0. The van der Waals surface area contributed by atoms with E-state index in [0.717, 1.165) is 17.3 Å². The second-order valence-corrected chi connectivity index (χ2v) is 4.97. The molecular formula is C9H12INO2S. The molecule has 3 nitrogen and oxygen atoms in total. The predicted molar refractivity (Wildman–Crippen MR) is 64.4 cm³/mol. The molecule has 1 aromatic rings. The molecule has 0 bridgehead atoms. The second-order valence-electron chi connectivity index (χ2n) is 3.25. The highest BCUT2D eigenvalue weighted by atomic mass is 127. The molecule has 2 atom stereocenters. The van der Waals surface area contributed by atoms with Crippen molar-refractivity contribution in [3.63, 3.8) is 0 Å². The van der Waals surface area contributed by atoms with Crippen molar-refractivity contribution < 1.29 is 9.47 Å². The lowest BCUT2D eigenvalue weighted by Crippen LogP contribution is -2.06. The van der Waals surface area contributed by atoms with Crippen LogP contribution >= 0.6 is 34.1 Å². The summed E-state index contributed by atoms with van der Waals surface area (Å²) in [7, 11) is 1.64. The summed E-state index contributed by atoms with van der Waals surface area (Å²) in [5, 5.41) is 0. The first-order valence-corrected chi connectivity index (χ1v) is 6.85. The SMILES string of the molecule is COc1cc(C2CCC(CI)O2)sn1. The normalized spacial score (nSPS) is 26.7. The minimum absolute atomic E-state index is 0.246.